The molecule has 0 spiro atoms. The van der Waals surface area contributed by atoms with Crippen molar-refractivity contribution < 1.29 is 9.53 Å². The molecule has 1 amide bonds. The number of hydrogen-bond donors (Lipinski definition) is 2. The number of likely N-dealkylation sites (tertiary alicyclic amines) is 1. The van der Waals surface area contributed by atoms with Crippen molar-refractivity contribution in [3.63, 3.8) is 0 Å². The second-order valence-electron chi connectivity index (χ2n) is 8.98. The number of carbonyl (C=O) groups excluding carboxylic acids is 1. The van der Waals surface area contributed by atoms with E-state index in [9.17, 15) is 4.79 Å². The van der Waals surface area contributed by atoms with Gasteiger partial charge in [-0.3, -0.25) is 9.69 Å². The number of rotatable bonds is 4. The number of anilines is 1. The molecule has 1 atom stereocenters. The zero-order chi connectivity index (χ0) is 23.9. The van der Waals surface area contributed by atoms with Gasteiger partial charge >= 0.3 is 0 Å². The summed E-state index contributed by atoms with van der Waals surface area (Å²) in [4.78, 5) is 33.6. The summed E-state index contributed by atoms with van der Waals surface area (Å²) in [6.07, 6.45) is 6.96. The number of benzene rings is 1. The molecule has 9 nitrogen and oxygen atoms in total. The lowest BCUT2D eigenvalue weighted by molar-refractivity contribution is 0.0949. The van der Waals surface area contributed by atoms with Crippen LogP contribution in [0, 0.1) is 0 Å². The first kappa shape index (κ1) is 22.4. The van der Waals surface area contributed by atoms with E-state index in [4.69, 9.17) is 21.3 Å². The molecule has 1 aromatic carbocycles. The summed E-state index contributed by atoms with van der Waals surface area (Å²) in [5, 5.41) is 7.45. The molecule has 2 aliphatic rings. The zero-order valence-electron chi connectivity index (χ0n) is 19.2. The maximum atomic E-state index is 12.7. The lowest BCUT2D eigenvalue weighted by Gasteiger charge is -2.26. The molecule has 2 aliphatic heterocycles. The van der Waals surface area contributed by atoms with Crippen LogP contribution in [0.5, 0.6) is 11.8 Å². The van der Waals surface area contributed by atoms with Gasteiger partial charge in [0.05, 0.1) is 22.9 Å². The number of nitrogens with zero attached hydrogens (tertiary/aromatic N) is 5. The van der Waals surface area contributed by atoms with Gasteiger partial charge in [0.1, 0.15) is 4.88 Å². The van der Waals surface area contributed by atoms with Crippen LogP contribution in [0.3, 0.4) is 0 Å². The molecule has 0 unspecified atom stereocenters. The fourth-order valence-corrected chi connectivity index (χ4v) is 5.86. The van der Waals surface area contributed by atoms with Crippen LogP contribution in [-0.2, 0) is 6.54 Å². The minimum atomic E-state index is -0.0679. The number of ether oxygens (including phenoxy) is 1. The van der Waals surface area contributed by atoms with E-state index in [0.717, 1.165) is 39.9 Å². The van der Waals surface area contributed by atoms with Crippen molar-refractivity contribution in [3.8, 4) is 11.8 Å². The summed E-state index contributed by atoms with van der Waals surface area (Å²) in [6.45, 7) is 5.41. The van der Waals surface area contributed by atoms with Gasteiger partial charge in [0.15, 0.2) is 0 Å². The van der Waals surface area contributed by atoms with Gasteiger partial charge in [-0.15, -0.1) is 11.3 Å². The second-order valence-corrected chi connectivity index (χ2v) is 10.4. The third-order valence-corrected chi connectivity index (χ3v) is 7.69. The maximum absolute atomic E-state index is 12.7. The highest BCUT2D eigenvalue weighted by Gasteiger charge is 2.25. The van der Waals surface area contributed by atoms with Crippen LogP contribution in [0.15, 0.2) is 24.5 Å². The Morgan fingerprint density at radius 3 is 2.89 bits per heavy atom. The van der Waals surface area contributed by atoms with E-state index in [1.54, 1.807) is 12.4 Å². The molecule has 4 aromatic rings. The number of thiophene rings is 1. The highest BCUT2D eigenvalue weighted by Crippen LogP contribution is 2.40. The van der Waals surface area contributed by atoms with E-state index in [-0.39, 0.29) is 17.2 Å². The predicted molar refractivity (Wildman–Crippen MR) is 137 cm³/mol. The first-order valence-electron chi connectivity index (χ1n) is 11.7. The first-order chi connectivity index (χ1) is 17.0. The largest absolute Gasteiger partial charge is 0.418 e. The standard InChI is InChI=1S/C24H24ClN7O2S/c1-13-9-26-20-18-16(35-21(20)22(33)29-13)6-5-15-19(18)27-11-17(30-15)34-23-14(10-28-24(25)31-23)12-32-7-3-2-4-8-32/h5-6,10-11,13,26H,2-4,7-9,12H2,1H3,(H,29,33)/t13-/m1/s1. The third-order valence-electron chi connectivity index (χ3n) is 6.35. The van der Waals surface area contributed by atoms with E-state index in [2.05, 4.69) is 30.5 Å². The van der Waals surface area contributed by atoms with Crippen LogP contribution in [0.2, 0.25) is 5.28 Å². The molecule has 11 heteroatoms. The molecule has 3 aromatic heterocycles. The van der Waals surface area contributed by atoms with Crippen LogP contribution in [0.1, 0.15) is 41.4 Å². The highest BCUT2D eigenvalue weighted by atomic mass is 35.5. The topological polar surface area (TPSA) is 105 Å². The number of hydrogen-bond acceptors (Lipinski definition) is 9. The molecule has 1 saturated heterocycles. The number of nitrogens with one attached hydrogen (secondary N) is 2. The number of fused-ring (bicyclic) bond motifs is 5. The summed E-state index contributed by atoms with van der Waals surface area (Å²) in [7, 11) is 0. The average Bonchev–Trinajstić information content (AvgIpc) is 3.17. The fourth-order valence-electron chi connectivity index (χ4n) is 4.65. The van der Waals surface area contributed by atoms with E-state index >= 15 is 0 Å². The van der Waals surface area contributed by atoms with E-state index in [1.165, 1.54) is 30.6 Å². The minimum absolute atomic E-state index is 0.0389. The van der Waals surface area contributed by atoms with Crippen molar-refractivity contribution in [2.45, 2.75) is 38.8 Å². The first-order valence-corrected chi connectivity index (χ1v) is 12.9. The van der Waals surface area contributed by atoms with Crippen molar-refractivity contribution >= 4 is 55.7 Å². The Bertz CT molecular complexity index is 1440. The monoisotopic (exact) mass is 509 g/mol. The quantitative estimate of drug-likeness (QED) is 0.384. The molecule has 6 rings (SSSR count). The molecule has 5 heterocycles. The van der Waals surface area contributed by atoms with Crippen LogP contribution < -0.4 is 15.4 Å². The normalized spacial score (nSPS) is 18.7. The van der Waals surface area contributed by atoms with Gasteiger partial charge < -0.3 is 15.4 Å². The van der Waals surface area contributed by atoms with Gasteiger partial charge in [0.2, 0.25) is 17.0 Å². The Kier molecular flexibility index (Phi) is 5.87. The molecule has 2 N–H and O–H groups in total. The van der Waals surface area contributed by atoms with Gasteiger partial charge in [-0.2, -0.15) is 4.98 Å². The van der Waals surface area contributed by atoms with Crippen molar-refractivity contribution in [1.29, 1.82) is 0 Å². The Hall–Kier alpha value is -3.08. The summed E-state index contributed by atoms with van der Waals surface area (Å²) >= 11 is 7.54. The fraction of sp³-hybridized carbons (Fsp3) is 0.375. The SMILES string of the molecule is C[C@@H]1CNc2c(sc3ccc4nc(Oc5nc(Cl)ncc5CN5CCCCC5)cnc4c23)C(=O)N1. The zero-order valence-corrected chi connectivity index (χ0v) is 20.7. The molecular weight excluding hydrogens is 486 g/mol. The Labute approximate surface area is 210 Å². The summed E-state index contributed by atoms with van der Waals surface area (Å²) in [6, 6.07) is 3.91. The molecule has 180 valence electrons. The van der Waals surface area contributed by atoms with Gasteiger partial charge in [-0.25, -0.2) is 15.0 Å². The van der Waals surface area contributed by atoms with E-state index in [0.29, 0.717) is 35.2 Å². The number of piperidine rings is 1. The maximum Gasteiger partial charge on any atom is 0.263 e. The number of carbonyl (C=O) groups is 1. The van der Waals surface area contributed by atoms with Gasteiger partial charge in [0, 0.05) is 41.0 Å². The minimum Gasteiger partial charge on any atom is -0.418 e. The highest BCUT2D eigenvalue weighted by molar-refractivity contribution is 7.21. The number of halogens is 1. The Morgan fingerprint density at radius 1 is 1.17 bits per heavy atom. The Balaban J connectivity index is 1.35. The van der Waals surface area contributed by atoms with Crippen molar-refractivity contribution in [2.24, 2.45) is 0 Å². The molecule has 35 heavy (non-hydrogen) atoms. The smallest absolute Gasteiger partial charge is 0.263 e. The lowest BCUT2D eigenvalue weighted by atomic mass is 10.1. The van der Waals surface area contributed by atoms with E-state index in [1.807, 2.05) is 19.1 Å². The third kappa shape index (κ3) is 4.37. The molecule has 0 radical (unpaired) electrons. The number of aromatic nitrogens is 4. The molecule has 0 aliphatic carbocycles. The van der Waals surface area contributed by atoms with Crippen LogP contribution in [-0.4, -0.2) is 56.4 Å². The average molecular weight is 510 g/mol. The summed E-state index contributed by atoms with van der Waals surface area (Å²) in [5.74, 6) is 0.649. The van der Waals surface area contributed by atoms with Gasteiger partial charge in [-0.1, -0.05) is 6.42 Å². The van der Waals surface area contributed by atoms with Crippen LogP contribution in [0.25, 0.3) is 21.1 Å². The van der Waals surface area contributed by atoms with E-state index < -0.39 is 0 Å². The second kappa shape index (κ2) is 9.18. The summed E-state index contributed by atoms with van der Waals surface area (Å²) in [5.41, 5.74) is 3.07. The molecular formula is C24H24ClN7O2S. The molecule has 1 fully saturated rings. The molecule has 0 saturated carbocycles. The summed E-state index contributed by atoms with van der Waals surface area (Å²) < 4.78 is 7.06. The number of amides is 1. The van der Waals surface area contributed by atoms with Crippen LogP contribution >= 0.6 is 22.9 Å². The van der Waals surface area contributed by atoms with Gasteiger partial charge in [0.25, 0.3) is 5.91 Å². The molecule has 0 bridgehead atoms. The van der Waals surface area contributed by atoms with Crippen molar-refractivity contribution in [1.82, 2.24) is 30.2 Å². The van der Waals surface area contributed by atoms with Crippen molar-refractivity contribution in [3.05, 3.63) is 40.3 Å². The predicted octanol–water partition coefficient (Wildman–Crippen LogP) is 4.61. The van der Waals surface area contributed by atoms with Gasteiger partial charge in [-0.05, 0) is 56.6 Å². The lowest BCUT2D eigenvalue weighted by Crippen LogP contribution is -2.34. The van der Waals surface area contributed by atoms with Crippen LogP contribution in [0.4, 0.5) is 5.69 Å². The Morgan fingerprint density at radius 2 is 2.03 bits per heavy atom. The van der Waals surface area contributed by atoms with Crippen molar-refractivity contribution in [2.75, 3.05) is 25.0 Å².